The van der Waals surface area contributed by atoms with Crippen molar-refractivity contribution in [3.05, 3.63) is 28.0 Å². The number of carbonyl (C=O) groups excluding carboxylic acids is 2. The van der Waals surface area contributed by atoms with Gasteiger partial charge in [0, 0.05) is 37.3 Å². The number of hydrogen-bond donors (Lipinski definition) is 3. The maximum absolute atomic E-state index is 13.3. The van der Waals surface area contributed by atoms with E-state index < -0.39 is 17.4 Å². The van der Waals surface area contributed by atoms with E-state index in [9.17, 15) is 14.4 Å². The Morgan fingerprint density at radius 2 is 1.69 bits per heavy atom. The van der Waals surface area contributed by atoms with Crippen molar-refractivity contribution in [2.75, 3.05) is 50.0 Å². The van der Waals surface area contributed by atoms with Crippen molar-refractivity contribution in [2.24, 2.45) is 11.8 Å². The standard InChI is InChI=1S/C24H31N5O6/c1-12-6-13(2)11-29(10-12)24-27-21-19(23(32)28-24)15(9-18(30)26-21)22(31)25-14-7-16(33-3)20(35-5)17(8-14)34-4/h7-8,12-13,15H,6,9-11H2,1-5H3,(H,25,31)(H2,26,27,28,30,32). The van der Waals surface area contributed by atoms with Crippen LogP contribution >= 0.6 is 0 Å². The Morgan fingerprint density at radius 1 is 1.06 bits per heavy atom. The first kappa shape index (κ1) is 24.4. The molecule has 35 heavy (non-hydrogen) atoms. The number of rotatable bonds is 6. The molecule has 0 radical (unpaired) electrons. The first-order chi connectivity index (χ1) is 16.7. The quantitative estimate of drug-likeness (QED) is 0.568. The molecule has 3 N–H and O–H groups in total. The summed E-state index contributed by atoms with van der Waals surface area (Å²) in [5, 5.41) is 5.43. The topological polar surface area (TPSA) is 135 Å². The van der Waals surface area contributed by atoms with Gasteiger partial charge in [0.1, 0.15) is 5.82 Å². The zero-order valence-electron chi connectivity index (χ0n) is 20.6. The zero-order chi connectivity index (χ0) is 25.3. The number of amides is 2. The van der Waals surface area contributed by atoms with Gasteiger partial charge in [-0.05, 0) is 18.3 Å². The van der Waals surface area contributed by atoms with Crippen LogP contribution in [0, 0.1) is 11.8 Å². The Bertz CT molecular complexity index is 1160. The molecular formula is C24H31N5O6. The second-order valence-corrected chi connectivity index (χ2v) is 9.21. The van der Waals surface area contributed by atoms with Gasteiger partial charge in [0.25, 0.3) is 5.56 Å². The second-order valence-electron chi connectivity index (χ2n) is 9.21. The van der Waals surface area contributed by atoms with Crippen molar-refractivity contribution in [2.45, 2.75) is 32.6 Å². The minimum Gasteiger partial charge on any atom is -0.493 e. The van der Waals surface area contributed by atoms with Crippen molar-refractivity contribution in [3.63, 3.8) is 0 Å². The van der Waals surface area contributed by atoms with Crippen LogP contribution in [0.25, 0.3) is 0 Å². The van der Waals surface area contributed by atoms with Crippen LogP contribution in [0.5, 0.6) is 17.2 Å². The lowest BCUT2D eigenvalue weighted by Crippen LogP contribution is -2.42. The fraction of sp³-hybridized carbons (Fsp3) is 0.500. The summed E-state index contributed by atoms with van der Waals surface area (Å²) in [6, 6.07) is 3.15. The summed E-state index contributed by atoms with van der Waals surface area (Å²) in [4.78, 5) is 48.3. The lowest BCUT2D eigenvalue weighted by atomic mass is 9.91. The SMILES string of the molecule is COc1cc(NC(=O)C2CC(=O)Nc3nc(N4CC(C)CC(C)C4)[nH]c(=O)c32)cc(OC)c1OC. The highest BCUT2D eigenvalue weighted by atomic mass is 16.5. The van der Waals surface area contributed by atoms with Crippen LogP contribution in [0.3, 0.4) is 0 Å². The Hall–Kier alpha value is -3.76. The van der Waals surface area contributed by atoms with Crippen molar-refractivity contribution in [3.8, 4) is 17.2 Å². The fourth-order valence-corrected chi connectivity index (χ4v) is 4.95. The molecule has 1 aromatic heterocycles. The van der Waals surface area contributed by atoms with Crippen LogP contribution in [0.1, 0.15) is 38.2 Å². The third-order valence-corrected chi connectivity index (χ3v) is 6.36. The van der Waals surface area contributed by atoms with E-state index >= 15 is 0 Å². The van der Waals surface area contributed by atoms with Gasteiger partial charge in [-0.3, -0.25) is 19.4 Å². The molecule has 0 bridgehead atoms. The summed E-state index contributed by atoms with van der Waals surface area (Å²) in [6.45, 7) is 5.82. The van der Waals surface area contributed by atoms with Crippen LogP contribution in [0.15, 0.2) is 16.9 Å². The summed E-state index contributed by atoms with van der Waals surface area (Å²) >= 11 is 0. The lowest BCUT2D eigenvalue weighted by Gasteiger charge is -2.35. The number of anilines is 3. The van der Waals surface area contributed by atoms with E-state index in [2.05, 4.69) is 34.4 Å². The molecule has 3 atom stereocenters. The van der Waals surface area contributed by atoms with Gasteiger partial charge in [0.2, 0.25) is 23.5 Å². The predicted molar refractivity (Wildman–Crippen MR) is 131 cm³/mol. The zero-order valence-corrected chi connectivity index (χ0v) is 20.6. The minimum absolute atomic E-state index is 0.121. The average Bonchev–Trinajstić information content (AvgIpc) is 2.81. The van der Waals surface area contributed by atoms with Crippen LogP contribution < -0.4 is 35.3 Å². The van der Waals surface area contributed by atoms with Crippen LogP contribution in [-0.4, -0.2) is 56.2 Å². The number of hydrogen-bond acceptors (Lipinski definition) is 8. The summed E-state index contributed by atoms with van der Waals surface area (Å²) < 4.78 is 16.0. The van der Waals surface area contributed by atoms with Gasteiger partial charge in [0.05, 0.1) is 32.8 Å². The molecule has 1 fully saturated rings. The molecule has 2 aliphatic rings. The van der Waals surface area contributed by atoms with Gasteiger partial charge in [-0.25, -0.2) is 0 Å². The van der Waals surface area contributed by atoms with E-state index in [-0.39, 0.29) is 23.7 Å². The molecule has 1 aromatic carbocycles. The molecule has 1 saturated heterocycles. The minimum atomic E-state index is -1.01. The Balaban J connectivity index is 1.65. The molecule has 188 valence electrons. The van der Waals surface area contributed by atoms with Gasteiger partial charge in [-0.1, -0.05) is 13.8 Å². The van der Waals surface area contributed by atoms with Crippen molar-refractivity contribution < 1.29 is 23.8 Å². The van der Waals surface area contributed by atoms with E-state index in [0.29, 0.717) is 40.7 Å². The van der Waals surface area contributed by atoms with Gasteiger partial charge >= 0.3 is 0 Å². The highest BCUT2D eigenvalue weighted by Crippen LogP contribution is 2.40. The third-order valence-electron chi connectivity index (χ3n) is 6.36. The normalized spacial score (nSPS) is 21.6. The van der Waals surface area contributed by atoms with Gasteiger partial charge < -0.3 is 29.7 Å². The second kappa shape index (κ2) is 9.85. The number of benzene rings is 1. The van der Waals surface area contributed by atoms with E-state index in [1.807, 2.05) is 4.90 Å². The number of nitrogens with one attached hydrogen (secondary N) is 3. The smallest absolute Gasteiger partial charge is 0.258 e. The Morgan fingerprint density at radius 3 is 2.26 bits per heavy atom. The number of aromatic nitrogens is 2. The van der Waals surface area contributed by atoms with Crippen LogP contribution in [-0.2, 0) is 9.59 Å². The van der Waals surface area contributed by atoms with E-state index in [4.69, 9.17) is 14.2 Å². The largest absolute Gasteiger partial charge is 0.493 e. The summed E-state index contributed by atoms with van der Waals surface area (Å²) in [6.07, 6.45) is 0.927. The molecule has 3 heterocycles. The maximum atomic E-state index is 13.3. The van der Waals surface area contributed by atoms with Crippen molar-refractivity contribution >= 4 is 29.3 Å². The van der Waals surface area contributed by atoms with Crippen molar-refractivity contribution in [1.29, 1.82) is 0 Å². The first-order valence-corrected chi connectivity index (χ1v) is 11.5. The number of methoxy groups -OCH3 is 3. The molecule has 11 heteroatoms. The number of ether oxygens (including phenoxy) is 3. The van der Waals surface area contributed by atoms with Gasteiger partial charge in [0.15, 0.2) is 11.5 Å². The summed E-state index contributed by atoms with van der Waals surface area (Å²) in [5.74, 6) is 0.610. The fourth-order valence-electron chi connectivity index (χ4n) is 4.95. The molecule has 2 aromatic rings. The summed E-state index contributed by atoms with van der Waals surface area (Å²) in [5.41, 5.74) is 0.0617. The Kier molecular flexibility index (Phi) is 6.86. The molecule has 0 aliphatic carbocycles. The molecular weight excluding hydrogens is 454 g/mol. The monoisotopic (exact) mass is 485 g/mol. The number of H-pyrrole nitrogens is 1. The Labute approximate surface area is 203 Å². The first-order valence-electron chi connectivity index (χ1n) is 11.5. The predicted octanol–water partition coefficient (Wildman–Crippen LogP) is 2.34. The number of nitrogens with zero attached hydrogens (tertiary/aromatic N) is 2. The van der Waals surface area contributed by atoms with E-state index in [0.717, 1.165) is 19.5 Å². The highest BCUT2D eigenvalue weighted by Gasteiger charge is 2.36. The van der Waals surface area contributed by atoms with E-state index in [1.165, 1.54) is 21.3 Å². The maximum Gasteiger partial charge on any atom is 0.258 e. The van der Waals surface area contributed by atoms with Gasteiger partial charge in [-0.15, -0.1) is 0 Å². The van der Waals surface area contributed by atoms with Crippen molar-refractivity contribution in [1.82, 2.24) is 9.97 Å². The molecule has 2 aliphatic heterocycles. The molecule has 0 spiro atoms. The van der Waals surface area contributed by atoms with Crippen LogP contribution in [0.4, 0.5) is 17.5 Å². The highest BCUT2D eigenvalue weighted by molar-refractivity contribution is 6.04. The molecule has 3 unspecified atom stereocenters. The average molecular weight is 486 g/mol. The number of aromatic amines is 1. The van der Waals surface area contributed by atoms with Gasteiger partial charge in [-0.2, -0.15) is 4.98 Å². The lowest BCUT2D eigenvalue weighted by molar-refractivity contribution is -0.123. The number of piperidine rings is 1. The molecule has 4 rings (SSSR count). The number of fused-ring (bicyclic) bond motifs is 1. The van der Waals surface area contributed by atoms with E-state index in [1.54, 1.807) is 12.1 Å². The third kappa shape index (κ3) is 4.89. The molecule has 2 amide bonds. The summed E-state index contributed by atoms with van der Waals surface area (Å²) in [7, 11) is 4.42. The molecule has 11 nitrogen and oxygen atoms in total. The molecule has 0 saturated carbocycles. The van der Waals surface area contributed by atoms with Crippen LogP contribution in [0.2, 0.25) is 0 Å². The number of carbonyl (C=O) groups is 2.